The summed E-state index contributed by atoms with van der Waals surface area (Å²) in [7, 11) is 1.92. The average Bonchev–Trinajstić information content (AvgIpc) is 3.12. The average molecular weight is 412 g/mol. The van der Waals surface area contributed by atoms with E-state index >= 15 is 0 Å². The molecule has 2 fully saturated rings. The summed E-state index contributed by atoms with van der Waals surface area (Å²) in [6.07, 6.45) is 6.78. The summed E-state index contributed by atoms with van der Waals surface area (Å²) >= 11 is 1.47. The molecule has 1 aromatic carbocycles. The highest BCUT2D eigenvalue weighted by Gasteiger charge is 2.27. The Kier molecular flexibility index (Phi) is 8.45. The van der Waals surface area contributed by atoms with Gasteiger partial charge in [0.05, 0.1) is 11.3 Å². The van der Waals surface area contributed by atoms with Gasteiger partial charge in [0.25, 0.3) is 5.91 Å². The van der Waals surface area contributed by atoms with E-state index in [1.807, 2.05) is 41.1 Å². The van der Waals surface area contributed by atoms with Gasteiger partial charge in [-0.05, 0) is 31.4 Å². The smallest absolute Gasteiger partial charge is 0.255 e. The van der Waals surface area contributed by atoms with Crippen LogP contribution in [0.15, 0.2) is 29.2 Å². The largest absolute Gasteiger partial charge is 0.342 e. The van der Waals surface area contributed by atoms with Gasteiger partial charge < -0.3 is 15.5 Å². The number of halogens is 1. The first-order valence-electron chi connectivity index (χ1n) is 9.58. The number of nitrogens with zero attached hydrogens (tertiary/aromatic N) is 2. The Morgan fingerprint density at radius 3 is 2.56 bits per heavy atom. The maximum absolute atomic E-state index is 12.8. The van der Waals surface area contributed by atoms with Crippen molar-refractivity contribution in [2.75, 3.05) is 25.9 Å². The summed E-state index contributed by atoms with van der Waals surface area (Å²) in [5.74, 6) is 0.540. The van der Waals surface area contributed by atoms with Crippen LogP contribution in [0.25, 0.3) is 0 Å². The third kappa shape index (κ3) is 5.62. The minimum Gasteiger partial charge on any atom is -0.342 e. The number of carbonyl (C=O) groups is 2. The van der Waals surface area contributed by atoms with Crippen LogP contribution in [0.4, 0.5) is 0 Å². The predicted octanol–water partition coefficient (Wildman–Crippen LogP) is 3.16. The fourth-order valence-electron chi connectivity index (χ4n) is 3.82. The summed E-state index contributed by atoms with van der Waals surface area (Å²) in [5.41, 5.74) is 6.61. The molecule has 3 rings (SSSR count). The van der Waals surface area contributed by atoms with Gasteiger partial charge >= 0.3 is 0 Å². The zero-order valence-corrected chi connectivity index (χ0v) is 17.6. The first kappa shape index (κ1) is 22.1. The van der Waals surface area contributed by atoms with Gasteiger partial charge in [-0.1, -0.05) is 31.4 Å². The van der Waals surface area contributed by atoms with Gasteiger partial charge in [-0.3, -0.25) is 9.59 Å². The second kappa shape index (κ2) is 10.3. The minimum absolute atomic E-state index is 0. The Bertz CT molecular complexity index is 652. The number of nitrogens with two attached hydrogens (primary N) is 1. The number of carbonyl (C=O) groups excluding carboxylic acids is 2. The van der Waals surface area contributed by atoms with E-state index in [1.165, 1.54) is 31.0 Å². The number of hydrogen-bond donors (Lipinski definition) is 1. The van der Waals surface area contributed by atoms with Crippen molar-refractivity contribution in [1.82, 2.24) is 9.80 Å². The summed E-state index contributed by atoms with van der Waals surface area (Å²) < 4.78 is 0. The van der Waals surface area contributed by atoms with Gasteiger partial charge in [-0.2, -0.15) is 0 Å². The van der Waals surface area contributed by atoms with Crippen molar-refractivity contribution in [3.8, 4) is 0 Å². The fourth-order valence-corrected chi connectivity index (χ4v) is 4.79. The molecule has 27 heavy (non-hydrogen) atoms. The van der Waals surface area contributed by atoms with Crippen molar-refractivity contribution in [3.63, 3.8) is 0 Å². The van der Waals surface area contributed by atoms with Gasteiger partial charge in [0.1, 0.15) is 0 Å². The Labute approximate surface area is 172 Å². The number of benzene rings is 1. The molecule has 2 N–H and O–H groups in total. The minimum atomic E-state index is 0. The lowest BCUT2D eigenvalue weighted by Gasteiger charge is -2.31. The van der Waals surface area contributed by atoms with Gasteiger partial charge in [-0.25, -0.2) is 0 Å². The fraction of sp³-hybridized carbons (Fsp3) is 0.600. The second-order valence-corrected chi connectivity index (χ2v) is 8.40. The third-order valence-electron chi connectivity index (χ3n) is 5.50. The van der Waals surface area contributed by atoms with E-state index < -0.39 is 0 Å². The lowest BCUT2D eigenvalue weighted by Crippen LogP contribution is -2.39. The number of likely N-dealkylation sites (tertiary alicyclic amines) is 1. The highest BCUT2D eigenvalue weighted by atomic mass is 35.5. The van der Waals surface area contributed by atoms with E-state index in [2.05, 4.69) is 0 Å². The van der Waals surface area contributed by atoms with Crippen LogP contribution in [0.1, 0.15) is 48.9 Å². The van der Waals surface area contributed by atoms with Crippen LogP contribution in [0.5, 0.6) is 0 Å². The molecule has 5 nitrogen and oxygen atoms in total. The summed E-state index contributed by atoms with van der Waals surface area (Å²) in [5, 5.41) is 0. The van der Waals surface area contributed by atoms with Crippen molar-refractivity contribution in [2.24, 2.45) is 5.73 Å². The topological polar surface area (TPSA) is 66.6 Å². The molecule has 150 valence electrons. The molecule has 1 aliphatic heterocycles. The first-order chi connectivity index (χ1) is 12.6. The van der Waals surface area contributed by atoms with Crippen molar-refractivity contribution < 1.29 is 9.59 Å². The zero-order chi connectivity index (χ0) is 18.5. The molecule has 2 aliphatic rings. The van der Waals surface area contributed by atoms with Crippen LogP contribution in [0, 0.1) is 0 Å². The Hall–Kier alpha value is -1.24. The first-order valence-corrected chi connectivity index (χ1v) is 10.6. The highest BCUT2D eigenvalue weighted by molar-refractivity contribution is 8.00. The highest BCUT2D eigenvalue weighted by Crippen LogP contribution is 2.27. The monoisotopic (exact) mass is 411 g/mol. The van der Waals surface area contributed by atoms with Gasteiger partial charge in [0, 0.05) is 37.1 Å². The molecule has 1 saturated heterocycles. The van der Waals surface area contributed by atoms with Crippen molar-refractivity contribution in [1.29, 1.82) is 0 Å². The van der Waals surface area contributed by atoms with E-state index in [0.717, 1.165) is 24.2 Å². The normalized spacial score (nSPS) is 20.2. The van der Waals surface area contributed by atoms with E-state index in [4.69, 9.17) is 5.73 Å². The molecule has 2 amide bonds. The molecule has 1 aromatic rings. The van der Waals surface area contributed by atoms with Crippen LogP contribution >= 0.6 is 24.2 Å². The van der Waals surface area contributed by atoms with E-state index in [0.29, 0.717) is 30.4 Å². The summed E-state index contributed by atoms with van der Waals surface area (Å²) in [6, 6.07) is 8.03. The molecule has 1 aliphatic carbocycles. The van der Waals surface area contributed by atoms with E-state index in [9.17, 15) is 9.59 Å². The van der Waals surface area contributed by atoms with Gasteiger partial charge in [-0.15, -0.1) is 24.2 Å². The molecule has 0 bridgehead atoms. The van der Waals surface area contributed by atoms with Crippen LogP contribution in [0.3, 0.4) is 0 Å². The zero-order valence-electron chi connectivity index (χ0n) is 15.9. The molecule has 7 heteroatoms. The standard InChI is InChI=1S/C20H29N3O2S.ClH/c1-22(16-7-3-2-4-8-16)19(24)14-26-18-10-6-5-9-17(18)20(25)23-12-11-15(21)13-23;/h5-6,9-10,15-16H,2-4,7-8,11-14,21H2,1H3;1H/t15-;/m1./s1. The second-order valence-electron chi connectivity index (χ2n) is 7.38. The van der Waals surface area contributed by atoms with Crippen molar-refractivity contribution in [2.45, 2.75) is 55.5 Å². The third-order valence-corrected chi connectivity index (χ3v) is 6.55. The molecule has 0 spiro atoms. The Balaban J connectivity index is 0.00000261. The molecule has 0 radical (unpaired) electrons. The maximum atomic E-state index is 12.8. The molecule has 0 unspecified atom stereocenters. The number of amides is 2. The Morgan fingerprint density at radius 1 is 1.19 bits per heavy atom. The van der Waals surface area contributed by atoms with E-state index in [-0.39, 0.29) is 30.3 Å². The number of thioether (sulfide) groups is 1. The molecular weight excluding hydrogens is 382 g/mol. The van der Waals surface area contributed by atoms with Gasteiger partial charge in [0.2, 0.25) is 5.91 Å². The molecule has 1 heterocycles. The lowest BCUT2D eigenvalue weighted by atomic mass is 9.94. The van der Waals surface area contributed by atoms with Crippen LogP contribution in [0.2, 0.25) is 0 Å². The number of hydrogen-bond acceptors (Lipinski definition) is 4. The number of rotatable bonds is 5. The van der Waals surface area contributed by atoms with Crippen LogP contribution < -0.4 is 5.73 Å². The molecule has 1 atom stereocenters. The SMILES string of the molecule is CN(C(=O)CSc1ccccc1C(=O)N1CC[C@@H](N)C1)C1CCCCC1.Cl. The molecule has 1 saturated carbocycles. The van der Waals surface area contributed by atoms with Crippen LogP contribution in [-0.4, -0.2) is 59.6 Å². The van der Waals surface area contributed by atoms with Crippen LogP contribution in [-0.2, 0) is 4.79 Å². The van der Waals surface area contributed by atoms with Crippen molar-refractivity contribution in [3.05, 3.63) is 29.8 Å². The summed E-state index contributed by atoms with van der Waals surface area (Å²) in [6.45, 7) is 1.32. The Morgan fingerprint density at radius 2 is 1.89 bits per heavy atom. The maximum Gasteiger partial charge on any atom is 0.255 e. The summed E-state index contributed by atoms with van der Waals surface area (Å²) in [4.78, 5) is 30.0. The molecular formula is C20H30ClN3O2S. The van der Waals surface area contributed by atoms with E-state index in [1.54, 1.807) is 0 Å². The van der Waals surface area contributed by atoms with Gasteiger partial charge in [0.15, 0.2) is 0 Å². The quantitative estimate of drug-likeness (QED) is 0.755. The van der Waals surface area contributed by atoms with Crippen molar-refractivity contribution >= 4 is 36.0 Å². The predicted molar refractivity (Wildman–Crippen MR) is 113 cm³/mol. The lowest BCUT2D eigenvalue weighted by molar-refractivity contribution is -0.129. The molecule has 0 aromatic heterocycles.